The Balaban J connectivity index is 1.75. The number of rotatable bonds is 4. The fourth-order valence-electron chi connectivity index (χ4n) is 3.26. The second kappa shape index (κ2) is 7.70. The molecule has 27 heavy (non-hydrogen) atoms. The van der Waals surface area contributed by atoms with Crippen LogP contribution in [-0.4, -0.2) is 23.1 Å². The first-order valence-electron chi connectivity index (χ1n) is 9.11. The lowest BCUT2D eigenvalue weighted by Crippen LogP contribution is -2.30. The van der Waals surface area contributed by atoms with Crippen LogP contribution in [0.3, 0.4) is 0 Å². The van der Waals surface area contributed by atoms with Crippen molar-refractivity contribution in [2.75, 3.05) is 23.3 Å². The summed E-state index contributed by atoms with van der Waals surface area (Å²) in [7, 11) is 0. The molecule has 0 atom stereocenters. The Morgan fingerprint density at radius 1 is 0.815 bits per heavy atom. The van der Waals surface area contributed by atoms with Crippen molar-refractivity contribution in [2.45, 2.75) is 19.3 Å². The third-order valence-corrected chi connectivity index (χ3v) is 4.66. The van der Waals surface area contributed by atoms with Crippen molar-refractivity contribution in [2.24, 2.45) is 0 Å². The molecule has 0 amide bonds. The molecule has 1 aliphatic rings. The zero-order chi connectivity index (χ0) is 18.6. The predicted molar refractivity (Wildman–Crippen MR) is 103 cm³/mol. The highest BCUT2D eigenvalue weighted by atomic mass is 19.1. The molecule has 1 aliphatic heterocycles. The zero-order valence-corrected chi connectivity index (χ0v) is 14.8. The van der Waals surface area contributed by atoms with E-state index in [4.69, 9.17) is 0 Å². The molecule has 1 N–H and O–H groups in total. The number of nitrogens with one attached hydrogen (secondary N) is 1. The van der Waals surface area contributed by atoms with Gasteiger partial charge in [0.25, 0.3) is 0 Å². The van der Waals surface area contributed by atoms with Gasteiger partial charge in [-0.25, -0.2) is 13.8 Å². The van der Waals surface area contributed by atoms with E-state index in [9.17, 15) is 8.78 Å². The maximum Gasteiger partial charge on any atom is 0.229 e. The molecule has 2 aromatic carbocycles. The molecule has 0 aliphatic carbocycles. The van der Waals surface area contributed by atoms with Crippen molar-refractivity contribution >= 4 is 17.5 Å². The average Bonchev–Trinajstić information content (AvgIpc) is 2.72. The molecule has 1 aromatic heterocycles. The number of aromatic nitrogens is 2. The van der Waals surface area contributed by atoms with Gasteiger partial charge in [-0.1, -0.05) is 36.4 Å². The summed E-state index contributed by atoms with van der Waals surface area (Å²) in [6, 6.07) is 15.4. The van der Waals surface area contributed by atoms with Gasteiger partial charge in [0.1, 0.15) is 23.1 Å². The maximum absolute atomic E-state index is 14.0. The van der Waals surface area contributed by atoms with Crippen LogP contribution in [0.5, 0.6) is 0 Å². The lowest BCUT2D eigenvalue weighted by Gasteiger charge is -2.28. The molecule has 4 nitrogen and oxygen atoms in total. The number of hydrogen-bond donors (Lipinski definition) is 1. The smallest absolute Gasteiger partial charge is 0.229 e. The normalized spacial score (nSPS) is 14.2. The number of piperidine rings is 1. The topological polar surface area (TPSA) is 41.1 Å². The van der Waals surface area contributed by atoms with Crippen molar-refractivity contribution in [3.63, 3.8) is 0 Å². The number of nitrogens with zero attached hydrogens (tertiary/aromatic N) is 3. The van der Waals surface area contributed by atoms with E-state index in [-0.39, 0.29) is 11.6 Å². The largest absolute Gasteiger partial charge is 0.356 e. The third-order valence-electron chi connectivity index (χ3n) is 4.66. The number of anilines is 3. The standard InChI is InChI=1S/C21H20F2N4/c22-16-10-7-11-17(23)20(16)26-21-24-18(15-8-3-1-4-9-15)14-19(25-21)27-12-5-2-6-13-27/h1,3-4,7-11,14H,2,5-6,12-13H2,(H,24,25,26). The quantitative estimate of drug-likeness (QED) is 0.693. The molecule has 2 heterocycles. The molecule has 4 rings (SSSR count). The molecule has 3 aromatic rings. The summed E-state index contributed by atoms with van der Waals surface area (Å²) in [6.45, 7) is 1.83. The van der Waals surface area contributed by atoms with Crippen LogP contribution in [0.25, 0.3) is 11.3 Å². The first-order chi connectivity index (χ1) is 13.2. The Hall–Kier alpha value is -3.02. The second-order valence-corrected chi connectivity index (χ2v) is 6.57. The van der Waals surface area contributed by atoms with Gasteiger partial charge in [-0.05, 0) is 31.4 Å². The molecule has 0 spiro atoms. The summed E-state index contributed by atoms with van der Waals surface area (Å²) < 4.78 is 28.1. The van der Waals surface area contributed by atoms with Gasteiger partial charge < -0.3 is 10.2 Å². The second-order valence-electron chi connectivity index (χ2n) is 6.57. The van der Waals surface area contributed by atoms with E-state index in [1.807, 2.05) is 36.4 Å². The van der Waals surface area contributed by atoms with Crippen LogP contribution in [0, 0.1) is 11.6 Å². The van der Waals surface area contributed by atoms with Crippen molar-refractivity contribution in [1.82, 2.24) is 9.97 Å². The van der Waals surface area contributed by atoms with Crippen molar-refractivity contribution in [1.29, 1.82) is 0 Å². The molecule has 0 saturated carbocycles. The lowest BCUT2D eigenvalue weighted by atomic mass is 10.1. The minimum atomic E-state index is -0.678. The van der Waals surface area contributed by atoms with Crippen LogP contribution in [0.2, 0.25) is 0 Å². The highest BCUT2D eigenvalue weighted by molar-refractivity contribution is 5.67. The first-order valence-corrected chi connectivity index (χ1v) is 9.11. The van der Waals surface area contributed by atoms with Gasteiger partial charge in [-0.15, -0.1) is 0 Å². The van der Waals surface area contributed by atoms with Crippen molar-refractivity contribution in [3.05, 3.63) is 66.2 Å². The van der Waals surface area contributed by atoms with E-state index >= 15 is 0 Å². The Kier molecular flexibility index (Phi) is 4.96. The van der Waals surface area contributed by atoms with Crippen LogP contribution < -0.4 is 10.2 Å². The predicted octanol–water partition coefficient (Wildman–Crippen LogP) is 5.16. The van der Waals surface area contributed by atoms with Crippen LogP contribution in [0.15, 0.2) is 54.6 Å². The van der Waals surface area contributed by atoms with Gasteiger partial charge in [-0.2, -0.15) is 4.98 Å². The van der Waals surface area contributed by atoms with E-state index < -0.39 is 11.6 Å². The van der Waals surface area contributed by atoms with E-state index in [2.05, 4.69) is 20.2 Å². The van der Waals surface area contributed by atoms with E-state index in [0.717, 1.165) is 37.3 Å². The number of hydrogen-bond acceptors (Lipinski definition) is 4. The Bertz CT molecular complexity index is 904. The van der Waals surface area contributed by atoms with Gasteiger partial charge >= 0.3 is 0 Å². The first kappa shape index (κ1) is 17.4. The molecule has 0 bridgehead atoms. The molecule has 138 valence electrons. The van der Waals surface area contributed by atoms with Crippen LogP contribution in [0.4, 0.5) is 26.2 Å². The summed E-state index contributed by atoms with van der Waals surface area (Å²) in [5.74, 6) is -0.407. The summed E-state index contributed by atoms with van der Waals surface area (Å²) in [5.41, 5.74) is 1.40. The molecule has 1 fully saturated rings. The van der Waals surface area contributed by atoms with E-state index in [1.165, 1.54) is 24.6 Å². The van der Waals surface area contributed by atoms with Gasteiger partial charge in [0.05, 0.1) is 5.69 Å². The van der Waals surface area contributed by atoms with Crippen LogP contribution in [-0.2, 0) is 0 Å². The SMILES string of the molecule is Fc1cccc(F)c1Nc1nc(-c2ccccc2)cc(N2CCCCC2)n1. The van der Waals surface area contributed by atoms with Crippen molar-refractivity contribution in [3.8, 4) is 11.3 Å². The Labute approximate surface area is 156 Å². The molecule has 1 saturated heterocycles. The van der Waals surface area contributed by atoms with E-state index in [1.54, 1.807) is 0 Å². The molecular weight excluding hydrogens is 346 g/mol. The van der Waals surface area contributed by atoms with Crippen LogP contribution in [0.1, 0.15) is 19.3 Å². The number of para-hydroxylation sites is 1. The fraction of sp³-hybridized carbons (Fsp3) is 0.238. The highest BCUT2D eigenvalue weighted by Crippen LogP contribution is 2.28. The summed E-state index contributed by atoms with van der Waals surface area (Å²) in [4.78, 5) is 11.2. The van der Waals surface area contributed by atoms with Gasteiger partial charge in [0.2, 0.25) is 5.95 Å². The fourth-order valence-corrected chi connectivity index (χ4v) is 3.26. The summed E-state index contributed by atoms with van der Waals surface area (Å²) >= 11 is 0. The lowest BCUT2D eigenvalue weighted by molar-refractivity contribution is 0.573. The van der Waals surface area contributed by atoms with Crippen molar-refractivity contribution < 1.29 is 8.78 Å². The maximum atomic E-state index is 14.0. The average molecular weight is 366 g/mol. The summed E-state index contributed by atoms with van der Waals surface area (Å²) in [6.07, 6.45) is 3.42. The number of halogens is 2. The third kappa shape index (κ3) is 3.89. The molecule has 0 radical (unpaired) electrons. The molecular formula is C21H20F2N4. The number of benzene rings is 2. The zero-order valence-electron chi connectivity index (χ0n) is 14.8. The molecule has 6 heteroatoms. The van der Waals surface area contributed by atoms with Gasteiger partial charge in [0, 0.05) is 24.7 Å². The summed E-state index contributed by atoms with van der Waals surface area (Å²) in [5, 5.41) is 2.73. The van der Waals surface area contributed by atoms with Crippen LogP contribution >= 0.6 is 0 Å². The molecule has 0 unspecified atom stereocenters. The van der Waals surface area contributed by atoms with E-state index in [0.29, 0.717) is 5.69 Å². The Morgan fingerprint density at radius 2 is 1.52 bits per heavy atom. The van der Waals surface area contributed by atoms with Gasteiger partial charge in [0.15, 0.2) is 0 Å². The van der Waals surface area contributed by atoms with Gasteiger partial charge in [-0.3, -0.25) is 0 Å². The minimum Gasteiger partial charge on any atom is -0.356 e. The Morgan fingerprint density at radius 3 is 2.22 bits per heavy atom. The highest BCUT2D eigenvalue weighted by Gasteiger charge is 2.17. The monoisotopic (exact) mass is 366 g/mol. The minimum absolute atomic E-state index is 0.181.